The predicted octanol–water partition coefficient (Wildman–Crippen LogP) is 2.69. The number of hydrogen-bond donors (Lipinski definition) is 1. The zero-order chi connectivity index (χ0) is 15.8. The van der Waals surface area contributed by atoms with Gasteiger partial charge in [0.1, 0.15) is 0 Å². The van der Waals surface area contributed by atoms with Crippen LogP contribution in [0.15, 0.2) is 63.8 Å². The topological polar surface area (TPSA) is 50.4 Å². The van der Waals surface area contributed by atoms with Gasteiger partial charge in [-0.05, 0) is 0 Å². The second-order valence-corrected chi connectivity index (χ2v) is 8.40. The van der Waals surface area contributed by atoms with Crippen LogP contribution in [0.1, 0.15) is 35.1 Å². The Morgan fingerprint density at radius 3 is 2.57 bits per heavy atom. The van der Waals surface area contributed by atoms with Crippen LogP contribution in [-0.2, 0) is 0 Å². The van der Waals surface area contributed by atoms with E-state index in [2.05, 4.69) is 12.1 Å². The fraction of sp³-hybridized carbons (Fsp3) is 0.211. The number of aliphatic hydroxyl groups excluding tert-OH is 1. The first-order valence-electron chi connectivity index (χ1n) is 7.69. The molecule has 23 heavy (non-hydrogen) atoms. The number of hydrogen-bond acceptors (Lipinski definition) is 3. The van der Waals surface area contributed by atoms with E-state index in [1.54, 1.807) is 6.07 Å². The van der Waals surface area contributed by atoms with Gasteiger partial charge in [0.2, 0.25) is 0 Å². The molecule has 4 heteroatoms. The molecule has 1 aromatic heterocycles. The molecule has 1 N–H and O–H groups in total. The molecule has 0 saturated carbocycles. The number of fused-ring (bicyclic) bond motifs is 2. The first kappa shape index (κ1) is 14.7. The summed E-state index contributed by atoms with van der Waals surface area (Å²) in [6.45, 7) is 0. The van der Waals surface area contributed by atoms with Crippen molar-refractivity contribution in [3.05, 3.63) is 76.1 Å². The van der Waals surface area contributed by atoms with E-state index < -0.39 is 6.10 Å². The summed E-state index contributed by atoms with van der Waals surface area (Å²) in [5, 5.41) is 10.9. The maximum absolute atomic E-state index is 12.8. The molecule has 0 aliphatic heterocycles. The average Bonchev–Trinajstić information content (AvgIpc) is 2.58. The fourth-order valence-corrected chi connectivity index (χ4v) is 5.56. The van der Waals surface area contributed by atoms with Gasteiger partial charge in [-0.1, -0.05) is 0 Å². The van der Waals surface area contributed by atoms with Gasteiger partial charge < -0.3 is 0 Å². The molecule has 0 amide bonds. The number of para-hydroxylation sites is 1. The van der Waals surface area contributed by atoms with Gasteiger partial charge in [-0.3, -0.25) is 0 Å². The molecule has 0 radical (unpaired) electrons. The zero-order valence-corrected chi connectivity index (χ0v) is 14.2. The third-order valence-electron chi connectivity index (χ3n) is 4.21. The van der Waals surface area contributed by atoms with E-state index in [4.69, 9.17) is 4.42 Å². The molecule has 2 atom stereocenters. The van der Waals surface area contributed by atoms with Gasteiger partial charge in [0.15, 0.2) is 0 Å². The van der Waals surface area contributed by atoms with Gasteiger partial charge in [-0.15, -0.1) is 0 Å². The van der Waals surface area contributed by atoms with E-state index in [0.29, 0.717) is 28.7 Å². The normalized spacial score (nSPS) is 20.4. The van der Waals surface area contributed by atoms with Gasteiger partial charge in [-0.2, -0.15) is 0 Å². The minimum atomic E-state index is -0.714. The SMILES string of the molecule is O=c1c2c(oc3ccccc13)[C@H]([Se]c1ccccc1)CC[C@H]2O. The van der Waals surface area contributed by atoms with Gasteiger partial charge in [0.25, 0.3) is 0 Å². The van der Waals surface area contributed by atoms with Gasteiger partial charge >= 0.3 is 140 Å². The van der Waals surface area contributed by atoms with Crippen molar-refractivity contribution in [3.63, 3.8) is 0 Å². The van der Waals surface area contributed by atoms with E-state index in [1.165, 1.54) is 4.46 Å². The standard InChI is InChI=1S/C19H16O3Se/c20-14-10-11-16(23-12-6-2-1-3-7-12)19-17(14)18(21)13-8-4-5-9-15(13)22-19/h1-9,14,16,20H,10-11H2/t14-,16-/m1/s1. The molecule has 1 heterocycles. The summed E-state index contributed by atoms with van der Waals surface area (Å²) in [6, 6.07) is 17.6. The fourth-order valence-electron chi connectivity index (χ4n) is 3.09. The number of benzene rings is 2. The van der Waals surface area contributed by atoms with E-state index in [9.17, 15) is 9.90 Å². The van der Waals surface area contributed by atoms with Crippen LogP contribution < -0.4 is 9.89 Å². The van der Waals surface area contributed by atoms with Crippen LogP contribution in [0.4, 0.5) is 0 Å². The third-order valence-corrected chi connectivity index (χ3v) is 6.89. The van der Waals surface area contributed by atoms with Crippen molar-refractivity contribution in [2.24, 2.45) is 0 Å². The Balaban J connectivity index is 1.85. The molecule has 3 aromatic rings. The van der Waals surface area contributed by atoms with Crippen molar-refractivity contribution < 1.29 is 9.52 Å². The molecule has 2 aromatic carbocycles. The summed E-state index contributed by atoms with van der Waals surface area (Å²) in [5.74, 6) is 0.691. The van der Waals surface area contributed by atoms with Crippen molar-refractivity contribution in [3.8, 4) is 0 Å². The van der Waals surface area contributed by atoms with Gasteiger partial charge in [-0.25, -0.2) is 0 Å². The number of rotatable bonds is 2. The molecule has 1 aliphatic rings. The Morgan fingerprint density at radius 2 is 1.74 bits per heavy atom. The second-order valence-electron chi connectivity index (χ2n) is 5.72. The molecular formula is C19H16O3Se. The van der Waals surface area contributed by atoms with Crippen molar-refractivity contribution in [2.75, 3.05) is 0 Å². The molecule has 1 aliphatic carbocycles. The molecule has 0 fully saturated rings. The summed E-state index contributed by atoms with van der Waals surface area (Å²) < 4.78 is 7.36. The van der Waals surface area contributed by atoms with E-state index >= 15 is 0 Å². The monoisotopic (exact) mass is 372 g/mol. The summed E-state index contributed by atoms with van der Waals surface area (Å²) in [4.78, 5) is 13.0. The van der Waals surface area contributed by atoms with Crippen molar-refractivity contribution >= 4 is 30.4 Å². The number of aliphatic hydroxyl groups is 1. The van der Waals surface area contributed by atoms with Crippen LogP contribution in [0.5, 0.6) is 0 Å². The second kappa shape index (κ2) is 5.97. The Morgan fingerprint density at radius 1 is 1.00 bits per heavy atom. The first-order valence-corrected chi connectivity index (χ1v) is 9.54. The maximum atomic E-state index is 12.8. The van der Waals surface area contributed by atoms with Crippen LogP contribution in [-0.4, -0.2) is 20.1 Å². The Bertz CT molecular complexity index is 901. The summed E-state index contributed by atoms with van der Waals surface area (Å²) in [5.41, 5.74) is 1.000. The Hall–Kier alpha value is -1.87. The third kappa shape index (κ3) is 2.63. The summed E-state index contributed by atoms with van der Waals surface area (Å²) in [6.07, 6.45) is 0.758. The van der Waals surface area contributed by atoms with E-state index in [1.807, 2.05) is 36.4 Å². The summed E-state index contributed by atoms with van der Waals surface area (Å²) in [7, 11) is 0. The van der Waals surface area contributed by atoms with Crippen LogP contribution in [0.3, 0.4) is 0 Å². The molecule has 116 valence electrons. The Labute approximate surface area is 140 Å². The van der Waals surface area contributed by atoms with Crippen molar-refractivity contribution in [1.29, 1.82) is 0 Å². The molecule has 3 nitrogen and oxygen atoms in total. The molecule has 0 unspecified atom stereocenters. The molecular weight excluding hydrogens is 355 g/mol. The van der Waals surface area contributed by atoms with Crippen molar-refractivity contribution in [2.45, 2.75) is 23.8 Å². The molecule has 0 bridgehead atoms. The summed E-state index contributed by atoms with van der Waals surface area (Å²) >= 11 is 0.175. The van der Waals surface area contributed by atoms with Crippen LogP contribution in [0.25, 0.3) is 11.0 Å². The van der Waals surface area contributed by atoms with Gasteiger partial charge in [0.05, 0.1) is 0 Å². The average molecular weight is 371 g/mol. The van der Waals surface area contributed by atoms with E-state index in [0.717, 1.165) is 6.42 Å². The van der Waals surface area contributed by atoms with Crippen molar-refractivity contribution in [1.82, 2.24) is 0 Å². The van der Waals surface area contributed by atoms with Crippen LogP contribution in [0.2, 0.25) is 0 Å². The molecule has 0 saturated heterocycles. The van der Waals surface area contributed by atoms with E-state index in [-0.39, 0.29) is 25.2 Å². The van der Waals surface area contributed by atoms with Crippen LogP contribution in [0, 0.1) is 0 Å². The quantitative estimate of drug-likeness (QED) is 0.705. The molecule has 4 rings (SSSR count). The zero-order valence-electron chi connectivity index (χ0n) is 12.4. The predicted molar refractivity (Wildman–Crippen MR) is 91.2 cm³/mol. The Kier molecular flexibility index (Phi) is 3.82. The molecule has 0 spiro atoms. The van der Waals surface area contributed by atoms with Gasteiger partial charge in [0, 0.05) is 0 Å². The van der Waals surface area contributed by atoms with Crippen LogP contribution >= 0.6 is 0 Å². The first-order chi connectivity index (χ1) is 11.2. The minimum absolute atomic E-state index is 0.0806.